The lowest BCUT2D eigenvalue weighted by Crippen LogP contribution is -2.53. The molecular formula is C15H22N2O. The second-order valence-electron chi connectivity index (χ2n) is 5.82. The number of piperidine rings is 1. The fourth-order valence-corrected chi connectivity index (χ4v) is 2.82. The van der Waals surface area contributed by atoms with Crippen LogP contribution in [-0.2, 0) is 0 Å². The van der Waals surface area contributed by atoms with E-state index in [0.29, 0.717) is 0 Å². The molecule has 1 aromatic rings. The zero-order chi connectivity index (χ0) is 13.3. The predicted octanol–water partition coefficient (Wildman–Crippen LogP) is 2.60. The summed E-state index contributed by atoms with van der Waals surface area (Å²) in [5.41, 5.74) is 8.00. The number of benzene rings is 1. The van der Waals surface area contributed by atoms with Gasteiger partial charge in [-0.05, 0) is 45.7 Å². The van der Waals surface area contributed by atoms with E-state index in [2.05, 4.69) is 24.8 Å². The van der Waals surface area contributed by atoms with Crippen molar-refractivity contribution in [2.45, 2.75) is 45.2 Å². The molecule has 1 aromatic carbocycles. The Morgan fingerprint density at radius 3 is 2.78 bits per heavy atom. The Balaban J connectivity index is 2.30. The molecule has 1 unspecified atom stereocenters. The highest BCUT2D eigenvalue weighted by molar-refractivity contribution is 5.95. The van der Waals surface area contributed by atoms with Gasteiger partial charge in [0.2, 0.25) is 0 Å². The summed E-state index contributed by atoms with van der Waals surface area (Å²) in [4.78, 5) is 13.8. The molecule has 2 N–H and O–H groups in total. The predicted molar refractivity (Wildman–Crippen MR) is 75.1 cm³/mol. The number of nitrogens with two attached hydrogens (primary N) is 1. The highest BCUT2D eigenvalue weighted by Gasteiger charge is 2.33. The van der Waals surface area contributed by atoms with Crippen molar-refractivity contribution in [2.75, 3.05) is 11.4 Å². The zero-order valence-electron chi connectivity index (χ0n) is 11.4. The SMILES string of the molecule is CC(=O)c1cccc(N2CCC(N)CC2(C)C)c1. The fourth-order valence-electron chi connectivity index (χ4n) is 2.82. The van der Waals surface area contributed by atoms with Gasteiger partial charge in [0, 0.05) is 29.4 Å². The van der Waals surface area contributed by atoms with Crippen LogP contribution >= 0.6 is 0 Å². The third kappa shape index (κ3) is 2.56. The second-order valence-corrected chi connectivity index (χ2v) is 5.82. The fraction of sp³-hybridized carbons (Fsp3) is 0.533. The standard InChI is InChI=1S/C15H22N2O/c1-11(18)12-5-4-6-14(9-12)17-8-7-13(16)10-15(17,2)3/h4-6,9,13H,7-8,10,16H2,1-3H3. The maximum Gasteiger partial charge on any atom is 0.159 e. The number of anilines is 1. The topological polar surface area (TPSA) is 46.3 Å². The van der Waals surface area contributed by atoms with Crippen LogP contribution in [0.3, 0.4) is 0 Å². The lowest BCUT2D eigenvalue weighted by molar-refractivity contribution is 0.101. The lowest BCUT2D eigenvalue weighted by Gasteiger charge is -2.46. The first-order valence-corrected chi connectivity index (χ1v) is 6.54. The lowest BCUT2D eigenvalue weighted by atomic mass is 9.86. The van der Waals surface area contributed by atoms with Gasteiger partial charge in [0.05, 0.1) is 0 Å². The second kappa shape index (κ2) is 4.73. The molecular weight excluding hydrogens is 224 g/mol. The molecule has 0 aliphatic carbocycles. The van der Waals surface area contributed by atoms with Gasteiger partial charge >= 0.3 is 0 Å². The zero-order valence-corrected chi connectivity index (χ0v) is 11.4. The van der Waals surface area contributed by atoms with Gasteiger partial charge in [0.1, 0.15) is 0 Å². The number of rotatable bonds is 2. The molecule has 0 amide bonds. The highest BCUT2D eigenvalue weighted by atomic mass is 16.1. The Hall–Kier alpha value is -1.35. The van der Waals surface area contributed by atoms with Crippen molar-refractivity contribution in [3.05, 3.63) is 29.8 Å². The first-order valence-electron chi connectivity index (χ1n) is 6.54. The number of ketones is 1. The van der Waals surface area contributed by atoms with E-state index in [1.807, 2.05) is 18.2 Å². The molecule has 2 rings (SSSR count). The maximum atomic E-state index is 11.5. The number of Topliss-reactive ketones (excluding diaryl/α,β-unsaturated/α-hetero) is 1. The molecule has 0 spiro atoms. The summed E-state index contributed by atoms with van der Waals surface area (Å²) >= 11 is 0. The summed E-state index contributed by atoms with van der Waals surface area (Å²) in [6.45, 7) is 6.99. The third-order valence-electron chi connectivity index (χ3n) is 3.78. The summed E-state index contributed by atoms with van der Waals surface area (Å²) < 4.78 is 0. The molecule has 3 nitrogen and oxygen atoms in total. The van der Waals surface area contributed by atoms with Gasteiger partial charge in [0.15, 0.2) is 5.78 Å². The number of carbonyl (C=O) groups is 1. The molecule has 0 bridgehead atoms. The monoisotopic (exact) mass is 246 g/mol. The number of carbonyl (C=O) groups excluding carboxylic acids is 1. The van der Waals surface area contributed by atoms with Crippen molar-refractivity contribution in [1.82, 2.24) is 0 Å². The smallest absolute Gasteiger partial charge is 0.159 e. The third-order valence-corrected chi connectivity index (χ3v) is 3.78. The van der Waals surface area contributed by atoms with E-state index < -0.39 is 0 Å². The molecule has 0 aromatic heterocycles. The van der Waals surface area contributed by atoms with Crippen molar-refractivity contribution in [3.63, 3.8) is 0 Å². The highest BCUT2D eigenvalue weighted by Crippen LogP contribution is 2.32. The van der Waals surface area contributed by atoms with Crippen molar-refractivity contribution in [3.8, 4) is 0 Å². The van der Waals surface area contributed by atoms with Crippen LogP contribution in [0.2, 0.25) is 0 Å². The largest absolute Gasteiger partial charge is 0.366 e. The molecule has 3 heteroatoms. The van der Waals surface area contributed by atoms with Crippen LogP contribution in [0.5, 0.6) is 0 Å². The Morgan fingerprint density at radius 2 is 2.17 bits per heavy atom. The minimum absolute atomic E-state index is 0.0487. The van der Waals surface area contributed by atoms with Gasteiger partial charge in [-0.1, -0.05) is 12.1 Å². The minimum atomic E-state index is 0.0487. The van der Waals surface area contributed by atoms with Crippen LogP contribution in [0.25, 0.3) is 0 Å². The van der Waals surface area contributed by atoms with E-state index in [4.69, 9.17) is 5.73 Å². The Kier molecular flexibility index (Phi) is 3.44. The summed E-state index contributed by atoms with van der Waals surface area (Å²) in [5, 5.41) is 0. The van der Waals surface area contributed by atoms with E-state index in [1.165, 1.54) is 0 Å². The number of hydrogen-bond donors (Lipinski definition) is 1. The quantitative estimate of drug-likeness (QED) is 0.816. The van der Waals surface area contributed by atoms with E-state index in [1.54, 1.807) is 6.92 Å². The van der Waals surface area contributed by atoms with Gasteiger partial charge in [-0.15, -0.1) is 0 Å². The Labute approximate surface area is 109 Å². The van der Waals surface area contributed by atoms with Crippen LogP contribution < -0.4 is 10.6 Å². The van der Waals surface area contributed by atoms with Crippen LogP contribution in [0.4, 0.5) is 5.69 Å². The molecule has 98 valence electrons. The van der Waals surface area contributed by atoms with Crippen molar-refractivity contribution in [1.29, 1.82) is 0 Å². The van der Waals surface area contributed by atoms with Crippen molar-refractivity contribution < 1.29 is 4.79 Å². The van der Waals surface area contributed by atoms with Gasteiger partial charge in [-0.3, -0.25) is 4.79 Å². The van der Waals surface area contributed by atoms with Crippen molar-refractivity contribution >= 4 is 11.5 Å². The van der Waals surface area contributed by atoms with Gasteiger partial charge in [-0.25, -0.2) is 0 Å². The van der Waals surface area contributed by atoms with E-state index >= 15 is 0 Å². The first-order chi connectivity index (χ1) is 8.40. The van der Waals surface area contributed by atoms with Crippen LogP contribution in [0, 0.1) is 0 Å². The number of nitrogens with zero attached hydrogens (tertiary/aromatic N) is 1. The molecule has 1 aliphatic rings. The van der Waals surface area contributed by atoms with Crippen LogP contribution in [0.15, 0.2) is 24.3 Å². The molecule has 1 aliphatic heterocycles. The number of hydrogen-bond acceptors (Lipinski definition) is 3. The van der Waals surface area contributed by atoms with E-state index in [-0.39, 0.29) is 17.4 Å². The summed E-state index contributed by atoms with van der Waals surface area (Å²) in [6.07, 6.45) is 1.99. The Bertz CT molecular complexity index is 454. The Morgan fingerprint density at radius 1 is 1.44 bits per heavy atom. The average Bonchev–Trinajstić information content (AvgIpc) is 2.27. The maximum absolute atomic E-state index is 11.5. The molecule has 1 heterocycles. The van der Waals surface area contributed by atoms with Crippen LogP contribution in [-0.4, -0.2) is 23.9 Å². The molecule has 0 saturated carbocycles. The molecule has 1 atom stereocenters. The normalized spacial score (nSPS) is 22.9. The van der Waals surface area contributed by atoms with E-state index in [0.717, 1.165) is 30.6 Å². The van der Waals surface area contributed by atoms with Gasteiger partial charge < -0.3 is 10.6 Å². The van der Waals surface area contributed by atoms with Crippen LogP contribution in [0.1, 0.15) is 44.0 Å². The first kappa shape index (κ1) is 13.1. The van der Waals surface area contributed by atoms with Gasteiger partial charge in [0.25, 0.3) is 0 Å². The average molecular weight is 246 g/mol. The van der Waals surface area contributed by atoms with Crippen molar-refractivity contribution in [2.24, 2.45) is 5.73 Å². The summed E-state index contributed by atoms with van der Waals surface area (Å²) in [5.74, 6) is 0.114. The molecule has 1 saturated heterocycles. The van der Waals surface area contributed by atoms with E-state index in [9.17, 15) is 4.79 Å². The summed E-state index contributed by atoms with van der Waals surface area (Å²) in [6, 6.07) is 8.17. The summed E-state index contributed by atoms with van der Waals surface area (Å²) in [7, 11) is 0. The molecule has 18 heavy (non-hydrogen) atoms. The molecule has 1 fully saturated rings. The minimum Gasteiger partial charge on any atom is -0.366 e. The molecule has 0 radical (unpaired) electrons. The van der Waals surface area contributed by atoms with Gasteiger partial charge in [-0.2, -0.15) is 0 Å².